The number of pyridine rings is 1. The van der Waals surface area contributed by atoms with Gasteiger partial charge in [-0.1, -0.05) is 30.3 Å². The number of amides is 3. The summed E-state index contributed by atoms with van der Waals surface area (Å²) in [5, 5.41) is 0. The molecule has 0 aliphatic carbocycles. The molecule has 7 heteroatoms. The van der Waals surface area contributed by atoms with Crippen LogP contribution in [0, 0.1) is 0 Å². The third kappa shape index (κ3) is 4.93. The average molecular weight is 424 g/mol. The number of hydrogen-bond donors (Lipinski definition) is 0. The van der Waals surface area contributed by atoms with E-state index in [4.69, 9.17) is 4.74 Å². The van der Waals surface area contributed by atoms with Gasteiger partial charge in [0.15, 0.2) is 0 Å². The van der Waals surface area contributed by atoms with Gasteiger partial charge >= 0.3 is 0 Å². The van der Waals surface area contributed by atoms with Crippen LogP contribution < -0.4 is 4.74 Å². The first-order chi connectivity index (χ1) is 14.8. The van der Waals surface area contributed by atoms with Crippen molar-refractivity contribution in [3.63, 3.8) is 0 Å². The fraction of sp³-hybridized carbons (Fsp3) is 0.417. The van der Waals surface area contributed by atoms with Gasteiger partial charge in [-0.05, 0) is 38.0 Å². The minimum absolute atomic E-state index is 0.00299. The Balaban J connectivity index is 1.75. The lowest BCUT2D eigenvalue weighted by molar-refractivity contribution is -0.142. The van der Waals surface area contributed by atoms with Gasteiger partial charge in [0.2, 0.25) is 17.7 Å². The molecule has 164 valence electrons. The third-order valence-electron chi connectivity index (χ3n) is 5.79. The van der Waals surface area contributed by atoms with Crippen molar-refractivity contribution in [2.45, 2.75) is 44.6 Å². The van der Waals surface area contributed by atoms with E-state index in [0.29, 0.717) is 24.3 Å². The van der Waals surface area contributed by atoms with Crippen LogP contribution in [-0.2, 0) is 19.8 Å². The molecule has 1 saturated heterocycles. The summed E-state index contributed by atoms with van der Waals surface area (Å²) in [4.78, 5) is 46.2. The Bertz CT molecular complexity index is 917. The van der Waals surface area contributed by atoms with Crippen molar-refractivity contribution in [3.8, 4) is 5.75 Å². The van der Waals surface area contributed by atoms with E-state index in [2.05, 4.69) is 4.98 Å². The Labute approximate surface area is 183 Å². The molecule has 2 aromatic rings. The molecule has 0 spiro atoms. The van der Waals surface area contributed by atoms with E-state index in [1.165, 1.54) is 4.90 Å². The van der Waals surface area contributed by atoms with Gasteiger partial charge in [0.1, 0.15) is 5.75 Å². The molecule has 1 fully saturated rings. The Morgan fingerprint density at radius 3 is 2.58 bits per heavy atom. The summed E-state index contributed by atoms with van der Waals surface area (Å²) in [5.74, 6) is -0.0740. The summed E-state index contributed by atoms with van der Waals surface area (Å²) in [5.41, 5.74) is -0.462. The summed E-state index contributed by atoms with van der Waals surface area (Å²) < 4.78 is 5.62. The van der Waals surface area contributed by atoms with Crippen molar-refractivity contribution < 1.29 is 19.1 Å². The number of rotatable bonds is 9. The van der Waals surface area contributed by atoms with Crippen molar-refractivity contribution in [1.29, 1.82) is 0 Å². The van der Waals surface area contributed by atoms with E-state index in [1.54, 1.807) is 36.5 Å². The molecule has 1 aromatic heterocycles. The van der Waals surface area contributed by atoms with Crippen LogP contribution in [0.3, 0.4) is 0 Å². The van der Waals surface area contributed by atoms with Gasteiger partial charge in [-0.15, -0.1) is 0 Å². The second-order valence-electron chi connectivity index (χ2n) is 8.14. The van der Waals surface area contributed by atoms with Gasteiger partial charge in [-0.25, -0.2) is 0 Å². The standard InChI is InChI=1S/C24H29N3O4/c1-18(2)26(3)21(28)15-24(19-9-5-4-6-10-19)16-22(29)27(23(24)30)13-8-14-31-20-11-7-12-25-17-20/h4-7,9-12,17-18H,8,13-16H2,1-3H3/t24-/m1/s1. The number of ether oxygens (including phenoxy) is 1. The number of hydrogen-bond acceptors (Lipinski definition) is 5. The number of carbonyl (C=O) groups excluding carboxylic acids is 3. The van der Waals surface area contributed by atoms with Crippen LogP contribution in [0.15, 0.2) is 54.9 Å². The Morgan fingerprint density at radius 2 is 1.94 bits per heavy atom. The fourth-order valence-corrected chi connectivity index (χ4v) is 3.77. The molecule has 1 aliphatic heterocycles. The molecule has 3 amide bonds. The first-order valence-corrected chi connectivity index (χ1v) is 10.5. The summed E-state index contributed by atoms with van der Waals surface area (Å²) >= 11 is 0. The highest BCUT2D eigenvalue weighted by molar-refractivity contribution is 6.10. The van der Waals surface area contributed by atoms with E-state index in [9.17, 15) is 14.4 Å². The van der Waals surface area contributed by atoms with Gasteiger partial charge in [0.05, 0.1) is 18.2 Å². The van der Waals surface area contributed by atoms with Crippen LogP contribution in [0.2, 0.25) is 0 Å². The van der Waals surface area contributed by atoms with Crippen molar-refractivity contribution in [1.82, 2.24) is 14.8 Å². The topological polar surface area (TPSA) is 79.8 Å². The Hall–Kier alpha value is -3.22. The molecule has 2 heterocycles. The zero-order valence-electron chi connectivity index (χ0n) is 18.3. The second kappa shape index (κ2) is 9.73. The lowest BCUT2D eigenvalue weighted by atomic mass is 9.75. The highest BCUT2D eigenvalue weighted by Gasteiger charge is 2.53. The van der Waals surface area contributed by atoms with Crippen LogP contribution in [0.4, 0.5) is 0 Å². The molecule has 0 bridgehead atoms. The maximum atomic E-state index is 13.5. The van der Waals surface area contributed by atoms with Crippen LogP contribution >= 0.6 is 0 Å². The van der Waals surface area contributed by atoms with Gasteiger partial charge in [0, 0.05) is 38.7 Å². The van der Waals surface area contributed by atoms with E-state index < -0.39 is 5.41 Å². The lowest BCUT2D eigenvalue weighted by Gasteiger charge is -2.30. The van der Waals surface area contributed by atoms with Gasteiger partial charge < -0.3 is 9.64 Å². The lowest BCUT2D eigenvalue weighted by Crippen LogP contribution is -2.44. The molecule has 1 atom stereocenters. The van der Waals surface area contributed by atoms with Crippen molar-refractivity contribution in [3.05, 3.63) is 60.4 Å². The van der Waals surface area contributed by atoms with Crippen LogP contribution in [0.1, 0.15) is 38.7 Å². The molecule has 1 aromatic carbocycles. The van der Waals surface area contributed by atoms with Gasteiger partial charge in [-0.3, -0.25) is 24.3 Å². The maximum Gasteiger partial charge on any atom is 0.240 e. The van der Waals surface area contributed by atoms with Crippen LogP contribution in [0.25, 0.3) is 0 Å². The normalized spacial score (nSPS) is 18.5. The quantitative estimate of drug-likeness (QED) is 0.458. The molecule has 0 radical (unpaired) electrons. The zero-order valence-corrected chi connectivity index (χ0v) is 18.3. The largest absolute Gasteiger partial charge is 0.492 e. The predicted octanol–water partition coefficient (Wildman–Crippen LogP) is 2.80. The first-order valence-electron chi connectivity index (χ1n) is 10.5. The highest BCUT2D eigenvalue weighted by Crippen LogP contribution is 2.40. The molecule has 0 unspecified atom stereocenters. The van der Waals surface area contributed by atoms with Gasteiger partial charge in [0.25, 0.3) is 0 Å². The number of aromatic nitrogens is 1. The molecule has 0 saturated carbocycles. The predicted molar refractivity (Wildman–Crippen MR) is 116 cm³/mol. The molecule has 1 aliphatic rings. The van der Waals surface area contributed by atoms with Crippen molar-refractivity contribution >= 4 is 17.7 Å². The van der Waals surface area contributed by atoms with Gasteiger partial charge in [-0.2, -0.15) is 0 Å². The minimum Gasteiger partial charge on any atom is -0.492 e. The maximum absolute atomic E-state index is 13.5. The summed E-state index contributed by atoms with van der Waals surface area (Å²) in [6.45, 7) is 4.45. The molecular weight excluding hydrogens is 394 g/mol. The summed E-state index contributed by atoms with van der Waals surface area (Å²) in [7, 11) is 1.72. The number of likely N-dealkylation sites (tertiary alicyclic amines) is 1. The number of carbonyl (C=O) groups is 3. The monoisotopic (exact) mass is 423 g/mol. The van der Waals surface area contributed by atoms with E-state index in [-0.39, 0.29) is 43.1 Å². The zero-order chi connectivity index (χ0) is 22.4. The Morgan fingerprint density at radius 1 is 1.19 bits per heavy atom. The van der Waals surface area contributed by atoms with Crippen molar-refractivity contribution in [2.24, 2.45) is 0 Å². The second-order valence-corrected chi connectivity index (χ2v) is 8.14. The smallest absolute Gasteiger partial charge is 0.240 e. The molecule has 3 rings (SSSR count). The minimum atomic E-state index is -1.16. The number of imide groups is 1. The van der Waals surface area contributed by atoms with Crippen molar-refractivity contribution in [2.75, 3.05) is 20.2 Å². The number of benzene rings is 1. The van der Waals surface area contributed by atoms with E-state index in [0.717, 1.165) is 0 Å². The molecule has 0 N–H and O–H groups in total. The third-order valence-corrected chi connectivity index (χ3v) is 5.79. The average Bonchev–Trinajstić information content (AvgIpc) is 3.02. The molecule has 31 heavy (non-hydrogen) atoms. The fourth-order valence-electron chi connectivity index (χ4n) is 3.77. The highest BCUT2D eigenvalue weighted by atomic mass is 16.5. The first kappa shape index (κ1) is 22.5. The van der Waals surface area contributed by atoms with E-state index in [1.807, 2.05) is 44.2 Å². The van der Waals surface area contributed by atoms with Crippen LogP contribution in [0.5, 0.6) is 5.75 Å². The summed E-state index contributed by atoms with van der Waals surface area (Å²) in [6, 6.07) is 12.7. The van der Waals surface area contributed by atoms with Crippen LogP contribution in [-0.4, -0.2) is 58.7 Å². The molecule has 7 nitrogen and oxygen atoms in total. The van der Waals surface area contributed by atoms with E-state index >= 15 is 0 Å². The number of nitrogens with zero attached hydrogens (tertiary/aromatic N) is 3. The molecular formula is C24H29N3O4. The SMILES string of the molecule is CC(C)N(C)C(=O)C[C@]1(c2ccccc2)CC(=O)N(CCCOc2cccnc2)C1=O. The Kier molecular flexibility index (Phi) is 7.05. The summed E-state index contributed by atoms with van der Waals surface area (Å²) in [6.07, 6.45) is 3.74.